The number of ketones is 1. The minimum atomic E-state index is 0.292. The first kappa shape index (κ1) is 12.8. The van der Waals surface area contributed by atoms with Gasteiger partial charge in [-0.15, -0.1) is 0 Å². The highest BCUT2D eigenvalue weighted by molar-refractivity contribution is 5.80. The van der Waals surface area contributed by atoms with Crippen LogP contribution in [0.3, 0.4) is 0 Å². The summed E-state index contributed by atoms with van der Waals surface area (Å²) in [6.45, 7) is 7.13. The Labute approximate surface area is 97.5 Å². The molecule has 3 heteroatoms. The van der Waals surface area contributed by atoms with Crippen LogP contribution in [-0.4, -0.2) is 35.3 Å². The van der Waals surface area contributed by atoms with E-state index in [2.05, 4.69) is 23.7 Å². The maximum Gasteiger partial charge on any atom is 0.138 e. The SMILES string of the molecule is CCN(CC)CCC(=O)Cc1cccnc1. The Morgan fingerprint density at radius 3 is 2.69 bits per heavy atom. The van der Waals surface area contributed by atoms with Gasteiger partial charge in [-0.25, -0.2) is 0 Å². The van der Waals surface area contributed by atoms with Crippen molar-refractivity contribution >= 4 is 5.78 Å². The van der Waals surface area contributed by atoms with Crippen LogP contribution in [0.15, 0.2) is 24.5 Å². The summed E-state index contributed by atoms with van der Waals surface area (Å²) >= 11 is 0. The standard InChI is InChI=1S/C13H20N2O/c1-3-15(4-2)9-7-13(16)10-12-6-5-8-14-11-12/h5-6,8,11H,3-4,7,9-10H2,1-2H3. The molecule has 3 nitrogen and oxygen atoms in total. The average molecular weight is 220 g/mol. The maximum absolute atomic E-state index is 11.7. The van der Waals surface area contributed by atoms with E-state index in [-0.39, 0.29) is 0 Å². The van der Waals surface area contributed by atoms with Crippen molar-refractivity contribution in [2.75, 3.05) is 19.6 Å². The molecule has 0 N–H and O–H groups in total. The molecule has 0 bridgehead atoms. The molecule has 0 aliphatic rings. The Hall–Kier alpha value is -1.22. The molecule has 0 aromatic carbocycles. The summed E-state index contributed by atoms with van der Waals surface area (Å²) in [6.07, 6.45) is 4.63. The van der Waals surface area contributed by atoms with Gasteiger partial charge in [-0.2, -0.15) is 0 Å². The second kappa shape index (κ2) is 7.12. The summed E-state index contributed by atoms with van der Waals surface area (Å²) in [6, 6.07) is 3.81. The molecular weight excluding hydrogens is 200 g/mol. The Morgan fingerprint density at radius 1 is 1.38 bits per heavy atom. The lowest BCUT2D eigenvalue weighted by molar-refractivity contribution is -0.118. The zero-order valence-corrected chi connectivity index (χ0v) is 10.1. The number of carbonyl (C=O) groups excluding carboxylic acids is 1. The van der Waals surface area contributed by atoms with Gasteiger partial charge in [0, 0.05) is 31.8 Å². The first-order valence-corrected chi connectivity index (χ1v) is 5.89. The zero-order chi connectivity index (χ0) is 11.8. The molecule has 1 heterocycles. The van der Waals surface area contributed by atoms with Gasteiger partial charge in [0.2, 0.25) is 0 Å². The monoisotopic (exact) mass is 220 g/mol. The number of hydrogen-bond acceptors (Lipinski definition) is 3. The number of rotatable bonds is 7. The van der Waals surface area contributed by atoms with E-state index >= 15 is 0 Å². The number of hydrogen-bond donors (Lipinski definition) is 0. The minimum absolute atomic E-state index is 0.292. The lowest BCUT2D eigenvalue weighted by atomic mass is 10.1. The van der Waals surface area contributed by atoms with Crippen LogP contribution in [0.25, 0.3) is 0 Å². The van der Waals surface area contributed by atoms with Crippen LogP contribution in [0.2, 0.25) is 0 Å². The average Bonchev–Trinajstić information content (AvgIpc) is 2.31. The molecule has 0 saturated heterocycles. The van der Waals surface area contributed by atoms with Crippen molar-refractivity contribution in [1.82, 2.24) is 9.88 Å². The topological polar surface area (TPSA) is 33.2 Å². The van der Waals surface area contributed by atoms with E-state index < -0.39 is 0 Å². The highest BCUT2D eigenvalue weighted by Gasteiger charge is 2.06. The summed E-state index contributed by atoms with van der Waals surface area (Å²) in [5.74, 6) is 0.292. The fraction of sp³-hybridized carbons (Fsp3) is 0.538. The van der Waals surface area contributed by atoms with Gasteiger partial charge in [-0.3, -0.25) is 9.78 Å². The summed E-state index contributed by atoms with van der Waals surface area (Å²) in [5, 5.41) is 0. The van der Waals surface area contributed by atoms with Crippen LogP contribution in [0, 0.1) is 0 Å². The Bertz CT molecular complexity index is 307. The lowest BCUT2D eigenvalue weighted by Gasteiger charge is -2.16. The van der Waals surface area contributed by atoms with E-state index in [9.17, 15) is 4.79 Å². The number of nitrogens with zero attached hydrogens (tertiary/aromatic N) is 2. The van der Waals surface area contributed by atoms with Gasteiger partial charge in [0.15, 0.2) is 0 Å². The van der Waals surface area contributed by atoms with Crippen molar-refractivity contribution in [1.29, 1.82) is 0 Å². The first-order valence-electron chi connectivity index (χ1n) is 5.89. The van der Waals surface area contributed by atoms with E-state index in [4.69, 9.17) is 0 Å². The lowest BCUT2D eigenvalue weighted by Crippen LogP contribution is -2.26. The Kier molecular flexibility index (Phi) is 5.72. The van der Waals surface area contributed by atoms with Crippen LogP contribution in [0.5, 0.6) is 0 Å². The van der Waals surface area contributed by atoms with Crippen molar-refractivity contribution in [3.63, 3.8) is 0 Å². The number of pyridine rings is 1. The van der Waals surface area contributed by atoms with Crippen molar-refractivity contribution in [3.8, 4) is 0 Å². The molecule has 0 atom stereocenters. The Morgan fingerprint density at radius 2 is 2.12 bits per heavy atom. The van der Waals surface area contributed by atoms with Crippen molar-refractivity contribution in [2.24, 2.45) is 0 Å². The quantitative estimate of drug-likeness (QED) is 0.704. The van der Waals surface area contributed by atoms with Crippen LogP contribution in [0.1, 0.15) is 25.8 Å². The zero-order valence-electron chi connectivity index (χ0n) is 10.1. The molecule has 88 valence electrons. The number of aromatic nitrogens is 1. The highest BCUT2D eigenvalue weighted by Crippen LogP contribution is 2.01. The molecule has 1 rings (SSSR count). The van der Waals surface area contributed by atoms with Crippen LogP contribution in [0.4, 0.5) is 0 Å². The summed E-state index contributed by atoms with van der Waals surface area (Å²) in [7, 11) is 0. The third kappa shape index (κ3) is 4.53. The van der Waals surface area contributed by atoms with E-state index in [1.165, 1.54) is 0 Å². The maximum atomic E-state index is 11.7. The van der Waals surface area contributed by atoms with Gasteiger partial charge in [0.05, 0.1) is 0 Å². The van der Waals surface area contributed by atoms with Crippen molar-refractivity contribution in [2.45, 2.75) is 26.7 Å². The normalized spacial score (nSPS) is 10.7. The minimum Gasteiger partial charge on any atom is -0.303 e. The van der Waals surface area contributed by atoms with Gasteiger partial charge >= 0.3 is 0 Å². The first-order chi connectivity index (χ1) is 7.76. The fourth-order valence-corrected chi connectivity index (χ4v) is 1.64. The largest absolute Gasteiger partial charge is 0.303 e. The van der Waals surface area contributed by atoms with Crippen LogP contribution >= 0.6 is 0 Å². The smallest absolute Gasteiger partial charge is 0.138 e. The van der Waals surface area contributed by atoms with Crippen molar-refractivity contribution in [3.05, 3.63) is 30.1 Å². The third-order valence-corrected chi connectivity index (χ3v) is 2.73. The number of carbonyl (C=O) groups is 1. The van der Waals surface area contributed by atoms with E-state index in [0.717, 1.165) is 25.2 Å². The third-order valence-electron chi connectivity index (χ3n) is 2.73. The molecule has 1 aromatic heterocycles. The number of Topliss-reactive ketones (excluding diaryl/α,β-unsaturated/α-hetero) is 1. The second-order valence-corrected chi connectivity index (χ2v) is 3.85. The molecule has 0 amide bonds. The molecule has 0 spiro atoms. The predicted molar refractivity (Wildman–Crippen MR) is 65.4 cm³/mol. The molecule has 16 heavy (non-hydrogen) atoms. The molecular formula is C13H20N2O. The molecule has 0 aliphatic carbocycles. The molecule has 0 aliphatic heterocycles. The predicted octanol–water partition coefficient (Wildman–Crippen LogP) is 1.93. The van der Waals surface area contributed by atoms with Crippen LogP contribution in [-0.2, 0) is 11.2 Å². The highest BCUT2D eigenvalue weighted by atomic mass is 16.1. The molecule has 0 unspecified atom stereocenters. The second-order valence-electron chi connectivity index (χ2n) is 3.85. The fourth-order valence-electron chi connectivity index (χ4n) is 1.64. The molecule has 0 radical (unpaired) electrons. The Balaban J connectivity index is 2.31. The molecule has 0 saturated carbocycles. The van der Waals surface area contributed by atoms with E-state index in [1.807, 2.05) is 12.1 Å². The molecule has 1 aromatic rings. The molecule has 0 fully saturated rings. The summed E-state index contributed by atoms with van der Waals surface area (Å²) in [5.41, 5.74) is 1.01. The van der Waals surface area contributed by atoms with E-state index in [1.54, 1.807) is 12.4 Å². The summed E-state index contributed by atoms with van der Waals surface area (Å²) < 4.78 is 0. The van der Waals surface area contributed by atoms with Gasteiger partial charge in [-0.05, 0) is 24.7 Å². The van der Waals surface area contributed by atoms with Gasteiger partial charge in [0.25, 0.3) is 0 Å². The summed E-state index contributed by atoms with van der Waals surface area (Å²) in [4.78, 5) is 18.0. The van der Waals surface area contributed by atoms with Gasteiger partial charge < -0.3 is 4.90 Å². The van der Waals surface area contributed by atoms with E-state index in [0.29, 0.717) is 18.6 Å². The van der Waals surface area contributed by atoms with Gasteiger partial charge in [0.1, 0.15) is 5.78 Å². The van der Waals surface area contributed by atoms with Crippen molar-refractivity contribution < 1.29 is 4.79 Å². The van der Waals surface area contributed by atoms with Crippen LogP contribution < -0.4 is 0 Å². The van der Waals surface area contributed by atoms with Gasteiger partial charge in [-0.1, -0.05) is 19.9 Å².